The number of benzene rings is 4. The monoisotopic (exact) mass is 1100 g/mol. The molecule has 412 valence electrons. The summed E-state index contributed by atoms with van der Waals surface area (Å²) >= 11 is 0. The molecule has 6 aromatic heterocycles. The first kappa shape index (κ1) is 56.0. The van der Waals surface area contributed by atoms with Gasteiger partial charge in [0, 0.05) is 88.3 Å². The maximum atomic E-state index is 12.6. The van der Waals surface area contributed by atoms with Crippen molar-refractivity contribution in [3.8, 4) is 45.8 Å². The Hall–Kier alpha value is -10.8. The molecule has 0 spiro atoms. The number of aryl methyl sites for hydroxylation is 8. The zero-order chi connectivity index (χ0) is 57.2. The highest BCUT2D eigenvalue weighted by Crippen LogP contribution is 2.33. The first-order valence-electron chi connectivity index (χ1n) is 26.5. The molecular weight excluding hydrogens is 1030 g/mol. The van der Waals surface area contributed by atoms with Crippen LogP contribution in [0.1, 0.15) is 22.5 Å². The molecule has 0 aliphatic heterocycles. The number of carbonyl (C=O) groups is 2. The zero-order valence-electron chi connectivity index (χ0n) is 46.4. The van der Waals surface area contributed by atoms with Gasteiger partial charge in [-0.05, 0) is 120 Å². The van der Waals surface area contributed by atoms with Crippen LogP contribution >= 0.6 is 0 Å². The number of anilines is 6. The summed E-state index contributed by atoms with van der Waals surface area (Å²) in [5.41, 5.74) is 10.3. The predicted octanol–water partition coefficient (Wildman–Crippen LogP) is 9.36. The van der Waals surface area contributed by atoms with E-state index >= 15 is 0 Å². The fourth-order valence-electron chi connectivity index (χ4n) is 8.27. The Balaban J connectivity index is 0.000000198. The third-order valence-electron chi connectivity index (χ3n) is 13.0. The number of aromatic nitrogens is 10. The summed E-state index contributed by atoms with van der Waals surface area (Å²) in [6.07, 6.45) is 21.0. The molecule has 0 bridgehead atoms. The molecule has 20 heteroatoms. The van der Waals surface area contributed by atoms with Gasteiger partial charge in [-0.2, -0.15) is 18.3 Å². The number of pyridine rings is 2. The Bertz CT molecular complexity index is 3530. The number of rotatable bonds is 18. The van der Waals surface area contributed by atoms with E-state index in [0.29, 0.717) is 57.9 Å². The standard InChI is InChI=1S/2C31H31N8O2/c2*1-22-21-39(20-19-38(22)3)18-15-23-6-8-24(9-7-23)35-31(40)36-25-10-12-26(13-11-25)41-29-27(5-4-16-33-29)28-14-17-34-30(32-2)37-28/h2*4-14,16-17,19-21H,15,18H2,1-3H3,(H2-,32,34,35,36,37,40)/q2*+1/p+2. The summed E-state index contributed by atoms with van der Waals surface area (Å²) < 4.78 is 20.6. The lowest BCUT2D eigenvalue weighted by atomic mass is 10.1. The van der Waals surface area contributed by atoms with Crippen molar-refractivity contribution in [1.82, 2.24) is 29.9 Å². The number of urea groups is 2. The van der Waals surface area contributed by atoms with Gasteiger partial charge in [0.1, 0.15) is 25.6 Å². The van der Waals surface area contributed by atoms with E-state index in [1.807, 2.05) is 86.9 Å². The van der Waals surface area contributed by atoms with E-state index < -0.39 is 0 Å². The molecule has 10 rings (SSSR count). The van der Waals surface area contributed by atoms with Gasteiger partial charge in [-0.15, -0.1) is 0 Å². The van der Waals surface area contributed by atoms with Crippen LogP contribution in [0.15, 0.2) is 195 Å². The van der Waals surface area contributed by atoms with Gasteiger partial charge in [0.25, 0.3) is 0 Å². The SMILES string of the molecule is CNc1nccc(-c2cccnc2Oc2ccc(NC(=O)Nc3ccc(CC[n+]4cc[n+](C)c(C)c4)cc3)cc2)n1.CNc1nccc(-c2cccnc2Oc2ccc(NC(=O)Nc3ccc(CC[n+]4cc[n+](C)c(C)c4)cc3)cc2)n1. The molecule has 0 saturated heterocycles. The van der Waals surface area contributed by atoms with Gasteiger partial charge in [-0.25, -0.2) is 39.5 Å². The molecule has 0 unspecified atom stereocenters. The highest BCUT2D eigenvalue weighted by Gasteiger charge is 2.15. The minimum Gasteiger partial charge on any atom is -0.438 e. The van der Waals surface area contributed by atoms with E-state index in [9.17, 15) is 9.59 Å². The molecule has 0 fully saturated rings. The third kappa shape index (κ3) is 15.7. The van der Waals surface area contributed by atoms with E-state index in [-0.39, 0.29) is 12.1 Å². The van der Waals surface area contributed by atoms with E-state index in [2.05, 4.69) is 131 Å². The molecule has 20 nitrogen and oxygen atoms in total. The maximum absolute atomic E-state index is 12.6. The van der Waals surface area contributed by atoms with Gasteiger partial charge < -0.3 is 41.4 Å². The quantitative estimate of drug-likeness (QED) is 0.0443. The van der Waals surface area contributed by atoms with Crippen molar-refractivity contribution in [3.63, 3.8) is 0 Å². The third-order valence-corrected chi connectivity index (χ3v) is 13.0. The Kier molecular flexibility index (Phi) is 18.6. The lowest BCUT2D eigenvalue weighted by Crippen LogP contribution is -2.42. The largest absolute Gasteiger partial charge is 0.438 e. The smallest absolute Gasteiger partial charge is 0.323 e. The fraction of sp³-hybridized carbons (Fsp3) is 0.161. The molecule has 0 atom stereocenters. The Labute approximate surface area is 475 Å². The second kappa shape index (κ2) is 27.2. The molecule has 10 aromatic rings. The van der Waals surface area contributed by atoms with Crippen molar-refractivity contribution in [2.24, 2.45) is 14.1 Å². The van der Waals surface area contributed by atoms with E-state index in [1.54, 1.807) is 99.5 Å². The molecule has 0 radical (unpaired) electrons. The number of nitrogens with zero attached hydrogens (tertiary/aromatic N) is 10. The van der Waals surface area contributed by atoms with Crippen LogP contribution in [0.2, 0.25) is 0 Å². The van der Waals surface area contributed by atoms with Crippen molar-refractivity contribution in [2.75, 3.05) is 46.0 Å². The number of nitrogens with one attached hydrogen (secondary N) is 6. The zero-order valence-corrected chi connectivity index (χ0v) is 46.4. The number of ether oxygens (including phenoxy) is 2. The lowest BCUT2D eigenvalue weighted by Gasteiger charge is -2.11. The fourth-order valence-corrected chi connectivity index (χ4v) is 8.27. The Morgan fingerprint density at radius 1 is 0.451 bits per heavy atom. The van der Waals surface area contributed by atoms with Crippen molar-refractivity contribution in [1.29, 1.82) is 0 Å². The molecule has 82 heavy (non-hydrogen) atoms. The predicted molar refractivity (Wildman–Crippen MR) is 313 cm³/mol. The summed E-state index contributed by atoms with van der Waals surface area (Å²) in [6, 6.07) is 40.3. The minimum atomic E-state index is -0.328. The molecular formula is C62H64N16O4+4. The molecule has 6 N–H and O–H groups in total. The average molecular weight is 1100 g/mol. The van der Waals surface area contributed by atoms with E-state index in [1.165, 1.54) is 22.5 Å². The van der Waals surface area contributed by atoms with Crippen LogP contribution < -0.4 is 59.6 Å². The first-order valence-corrected chi connectivity index (χ1v) is 26.5. The summed E-state index contributed by atoms with van der Waals surface area (Å²) in [5, 5.41) is 17.3. The van der Waals surface area contributed by atoms with Crippen LogP contribution in [0, 0.1) is 13.8 Å². The number of hydrogen-bond donors (Lipinski definition) is 6. The number of amides is 4. The molecule has 0 saturated carbocycles. The topological polar surface area (TPSA) is 218 Å². The second-order valence-electron chi connectivity index (χ2n) is 18.9. The van der Waals surface area contributed by atoms with Gasteiger partial charge in [-0.3, -0.25) is 0 Å². The van der Waals surface area contributed by atoms with Crippen molar-refractivity contribution < 1.29 is 37.3 Å². The van der Waals surface area contributed by atoms with Gasteiger partial charge in [0.05, 0.1) is 22.5 Å². The van der Waals surface area contributed by atoms with Crippen LogP contribution in [0.5, 0.6) is 23.3 Å². The number of hydrogen-bond acceptors (Lipinski definition) is 12. The first-order chi connectivity index (χ1) is 39.9. The molecule has 4 aromatic carbocycles. The van der Waals surface area contributed by atoms with Crippen LogP contribution in [-0.4, -0.2) is 56.1 Å². The highest BCUT2D eigenvalue weighted by atomic mass is 16.5. The molecule has 0 aliphatic carbocycles. The maximum Gasteiger partial charge on any atom is 0.323 e. The molecule has 0 aliphatic rings. The summed E-state index contributed by atoms with van der Waals surface area (Å²) in [5.74, 6) is 3.00. The minimum absolute atomic E-state index is 0.328. The van der Waals surface area contributed by atoms with Crippen LogP contribution in [0.25, 0.3) is 22.5 Å². The molecule has 4 amide bonds. The van der Waals surface area contributed by atoms with Crippen molar-refractivity contribution in [3.05, 3.63) is 218 Å². The van der Waals surface area contributed by atoms with Gasteiger partial charge in [-0.1, -0.05) is 24.3 Å². The van der Waals surface area contributed by atoms with Crippen molar-refractivity contribution >= 4 is 46.7 Å². The Morgan fingerprint density at radius 2 is 0.817 bits per heavy atom. The summed E-state index contributed by atoms with van der Waals surface area (Å²) in [4.78, 5) is 51.2. The highest BCUT2D eigenvalue weighted by molar-refractivity contribution is 6.00. The van der Waals surface area contributed by atoms with E-state index in [4.69, 9.17) is 9.47 Å². The van der Waals surface area contributed by atoms with Gasteiger partial charge in [0.15, 0.2) is 13.1 Å². The van der Waals surface area contributed by atoms with Crippen LogP contribution in [0.4, 0.5) is 44.2 Å². The average Bonchev–Trinajstić information content (AvgIpc) is 3.53. The lowest BCUT2D eigenvalue weighted by molar-refractivity contribution is -0.743. The second-order valence-corrected chi connectivity index (χ2v) is 18.9. The van der Waals surface area contributed by atoms with Crippen molar-refractivity contribution in [2.45, 2.75) is 39.8 Å². The van der Waals surface area contributed by atoms with Crippen LogP contribution in [0.3, 0.4) is 0 Å². The van der Waals surface area contributed by atoms with Crippen LogP contribution in [-0.2, 0) is 40.0 Å². The van der Waals surface area contributed by atoms with E-state index in [0.717, 1.165) is 48.4 Å². The summed E-state index contributed by atoms with van der Waals surface area (Å²) in [6.45, 7) is 5.94. The number of carbonyl (C=O) groups excluding carboxylic acids is 2. The van der Waals surface area contributed by atoms with Gasteiger partial charge >= 0.3 is 12.1 Å². The van der Waals surface area contributed by atoms with Gasteiger partial charge in [0.2, 0.25) is 72.2 Å². The summed E-state index contributed by atoms with van der Waals surface area (Å²) in [7, 11) is 7.59. The Morgan fingerprint density at radius 3 is 1.17 bits per heavy atom. The molecule has 6 heterocycles. The normalized spacial score (nSPS) is 10.6.